The SMILES string of the molecule is O=C(O)CCNC(=O)CSc1cccs1. The molecular formula is C9H11NO3S2. The summed E-state index contributed by atoms with van der Waals surface area (Å²) in [6.07, 6.45) is -0.0323. The number of hydrogen-bond acceptors (Lipinski definition) is 4. The lowest BCUT2D eigenvalue weighted by atomic mass is 10.4. The van der Waals surface area contributed by atoms with Crippen LogP contribution in [0.5, 0.6) is 0 Å². The maximum absolute atomic E-state index is 11.2. The molecule has 0 saturated heterocycles. The summed E-state index contributed by atoms with van der Waals surface area (Å²) < 4.78 is 1.09. The molecule has 4 nitrogen and oxygen atoms in total. The maximum Gasteiger partial charge on any atom is 0.305 e. The van der Waals surface area contributed by atoms with Gasteiger partial charge in [0.2, 0.25) is 5.91 Å². The second kappa shape index (κ2) is 6.47. The summed E-state index contributed by atoms with van der Waals surface area (Å²) >= 11 is 3.04. The Hall–Kier alpha value is -1.01. The lowest BCUT2D eigenvalue weighted by Gasteiger charge is -2.01. The van der Waals surface area contributed by atoms with Gasteiger partial charge in [0, 0.05) is 6.54 Å². The first-order chi connectivity index (χ1) is 7.18. The summed E-state index contributed by atoms with van der Waals surface area (Å²) in [5.41, 5.74) is 0. The summed E-state index contributed by atoms with van der Waals surface area (Å²) in [6.45, 7) is 0.194. The molecule has 15 heavy (non-hydrogen) atoms. The quantitative estimate of drug-likeness (QED) is 0.744. The van der Waals surface area contributed by atoms with Crippen molar-refractivity contribution < 1.29 is 14.7 Å². The molecule has 0 spiro atoms. The van der Waals surface area contributed by atoms with Crippen molar-refractivity contribution in [2.24, 2.45) is 0 Å². The summed E-state index contributed by atoms with van der Waals surface area (Å²) in [4.78, 5) is 21.4. The largest absolute Gasteiger partial charge is 0.481 e. The number of hydrogen-bond donors (Lipinski definition) is 2. The van der Waals surface area contributed by atoms with Gasteiger partial charge in [0.25, 0.3) is 0 Å². The van der Waals surface area contributed by atoms with E-state index in [2.05, 4.69) is 5.32 Å². The number of carbonyl (C=O) groups is 2. The predicted octanol–water partition coefficient (Wildman–Crippen LogP) is 1.43. The van der Waals surface area contributed by atoms with Crippen molar-refractivity contribution in [1.29, 1.82) is 0 Å². The fourth-order valence-corrected chi connectivity index (χ4v) is 2.46. The molecule has 0 aromatic carbocycles. The van der Waals surface area contributed by atoms with Gasteiger partial charge in [-0.3, -0.25) is 9.59 Å². The molecular weight excluding hydrogens is 234 g/mol. The van der Waals surface area contributed by atoms with Gasteiger partial charge in [0.1, 0.15) is 0 Å². The fourth-order valence-electron chi connectivity index (χ4n) is 0.842. The van der Waals surface area contributed by atoms with E-state index in [0.717, 1.165) is 4.21 Å². The molecule has 0 aliphatic rings. The maximum atomic E-state index is 11.2. The number of rotatable bonds is 6. The van der Waals surface area contributed by atoms with Crippen LogP contribution in [-0.4, -0.2) is 29.3 Å². The minimum atomic E-state index is -0.902. The molecule has 1 aromatic heterocycles. The third kappa shape index (κ3) is 5.44. The standard InChI is InChI=1S/C9H11NO3S2/c11-7(10-4-3-8(12)13)6-15-9-2-1-5-14-9/h1-2,5H,3-4,6H2,(H,10,11)(H,12,13). The monoisotopic (exact) mass is 245 g/mol. The van der Waals surface area contributed by atoms with Gasteiger partial charge in [-0.2, -0.15) is 0 Å². The molecule has 0 bridgehead atoms. The molecule has 2 N–H and O–H groups in total. The van der Waals surface area contributed by atoms with Gasteiger partial charge < -0.3 is 10.4 Å². The van der Waals surface area contributed by atoms with Crippen LogP contribution in [0.3, 0.4) is 0 Å². The van der Waals surface area contributed by atoms with Gasteiger partial charge in [-0.05, 0) is 11.4 Å². The molecule has 1 amide bonds. The lowest BCUT2D eigenvalue weighted by Crippen LogP contribution is -2.27. The number of carboxylic acid groups (broad SMARTS) is 1. The van der Waals surface area contributed by atoms with Gasteiger partial charge >= 0.3 is 5.97 Å². The van der Waals surface area contributed by atoms with Crippen molar-refractivity contribution >= 4 is 35.0 Å². The van der Waals surface area contributed by atoms with Crippen LogP contribution in [0, 0.1) is 0 Å². The number of aliphatic carboxylic acids is 1. The minimum absolute atomic E-state index is 0.0323. The third-order valence-corrected chi connectivity index (χ3v) is 3.63. The highest BCUT2D eigenvalue weighted by atomic mass is 32.2. The first kappa shape index (κ1) is 12.1. The van der Waals surface area contributed by atoms with Gasteiger partial charge in [0.15, 0.2) is 0 Å². The van der Waals surface area contributed by atoms with Crippen LogP contribution in [0.4, 0.5) is 0 Å². The average Bonchev–Trinajstić information content (AvgIpc) is 2.66. The van der Waals surface area contributed by atoms with Crippen LogP contribution in [0.2, 0.25) is 0 Å². The number of carboxylic acids is 1. The van der Waals surface area contributed by atoms with Crippen molar-refractivity contribution in [3.8, 4) is 0 Å². The number of thioether (sulfide) groups is 1. The zero-order valence-corrected chi connectivity index (χ0v) is 9.57. The summed E-state index contributed by atoms with van der Waals surface area (Å²) in [5, 5.41) is 12.8. The summed E-state index contributed by atoms with van der Waals surface area (Å²) in [5.74, 6) is -0.698. The summed E-state index contributed by atoms with van der Waals surface area (Å²) in [6, 6.07) is 3.87. The van der Waals surface area contributed by atoms with Crippen LogP contribution in [-0.2, 0) is 9.59 Å². The van der Waals surface area contributed by atoms with Crippen molar-refractivity contribution in [1.82, 2.24) is 5.32 Å². The molecule has 0 aliphatic heterocycles. The molecule has 0 fully saturated rings. The highest BCUT2D eigenvalue weighted by Crippen LogP contribution is 2.22. The van der Waals surface area contributed by atoms with E-state index in [9.17, 15) is 9.59 Å². The number of thiophene rings is 1. The Balaban J connectivity index is 2.11. The molecule has 1 aromatic rings. The number of nitrogens with one attached hydrogen (secondary N) is 1. The van der Waals surface area contributed by atoms with Crippen LogP contribution in [0.1, 0.15) is 6.42 Å². The topological polar surface area (TPSA) is 66.4 Å². The van der Waals surface area contributed by atoms with Crippen molar-refractivity contribution in [3.63, 3.8) is 0 Å². The lowest BCUT2D eigenvalue weighted by molar-refractivity contribution is -0.136. The first-order valence-corrected chi connectivity index (χ1v) is 6.20. The van der Waals surface area contributed by atoms with E-state index in [4.69, 9.17) is 5.11 Å². The van der Waals surface area contributed by atoms with Crippen molar-refractivity contribution in [3.05, 3.63) is 17.5 Å². The fraction of sp³-hybridized carbons (Fsp3) is 0.333. The zero-order valence-electron chi connectivity index (χ0n) is 7.93. The van der Waals surface area contributed by atoms with Crippen molar-refractivity contribution in [2.45, 2.75) is 10.6 Å². The molecule has 1 heterocycles. The molecule has 0 aliphatic carbocycles. The zero-order chi connectivity index (χ0) is 11.1. The Bertz CT molecular complexity index is 324. The highest BCUT2D eigenvalue weighted by molar-refractivity contribution is 8.01. The van der Waals surface area contributed by atoms with E-state index in [1.54, 1.807) is 11.3 Å². The predicted molar refractivity (Wildman–Crippen MR) is 60.3 cm³/mol. The van der Waals surface area contributed by atoms with E-state index in [1.165, 1.54) is 11.8 Å². The van der Waals surface area contributed by atoms with Gasteiger partial charge in [-0.15, -0.1) is 23.1 Å². The molecule has 1 rings (SSSR count). The van der Waals surface area contributed by atoms with Crippen LogP contribution in [0.25, 0.3) is 0 Å². The Labute approximate surface area is 95.7 Å². The molecule has 0 radical (unpaired) electrons. The summed E-state index contributed by atoms with van der Waals surface area (Å²) in [7, 11) is 0. The number of carbonyl (C=O) groups excluding carboxylic acids is 1. The number of amides is 1. The van der Waals surface area contributed by atoms with E-state index < -0.39 is 5.97 Å². The normalized spacial score (nSPS) is 9.87. The Morgan fingerprint density at radius 2 is 2.33 bits per heavy atom. The highest BCUT2D eigenvalue weighted by Gasteiger charge is 2.03. The van der Waals surface area contributed by atoms with Crippen LogP contribution >= 0.6 is 23.1 Å². The van der Waals surface area contributed by atoms with Crippen LogP contribution < -0.4 is 5.32 Å². The third-order valence-electron chi connectivity index (χ3n) is 1.50. The van der Waals surface area contributed by atoms with Gasteiger partial charge in [-0.25, -0.2) is 0 Å². The Morgan fingerprint density at radius 1 is 1.53 bits per heavy atom. The van der Waals surface area contributed by atoms with Crippen LogP contribution in [0.15, 0.2) is 21.7 Å². The first-order valence-electron chi connectivity index (χ1n) is 4.33. The Morgan fingerprint density at radius 3 is 2.93 bits per heavy atom. The van der Waals surface area contributed by atoms with E-state index in [0.29, 0.717) is 5.75 Å². The smallest absolute Gasteiger partial charge is 0.305 e. The average molecular weight is 245 g/mol. The Kier molecular flexibility index (Phi) is 5.20. The van der Waals surface area contributed by atoms with E-state index in [-0.39, 0.29) is 18.9 Å². The molecule has 6 heteroatoms. The molecule has 0 unspecified atom stereocenters. The molecule has 0 atom stereocenters. The van der Waals surface area contributed by atoms with Gasteiger partial charge in [0.05, 0.1) is 16.4 Å². The van der Waals surface area contributed by atoms with Gasteiger partial charge in [-0.1, -0.05) is 6.07 Å². The second-order valence-electron chi connectivity index (χ2n) is 2.71. The molecule has 82 valence electrons. The minimum Gasteiger partial charge on any atom is -0.481 e. The van der Waals surface area contributed by atoms with E-state index >= 15 is 0 Å². The molecule has 0 saturated carbocycles. The second-order valence-corrected chi connectivity index (χ2v) is 4.94. The van der Waals surface area contributed by atoms with E-state index in [1.807, 2.05) is 17.5 Å². The van der Waals surface area contributed by atoms with Crippen molar-refractivity contribution in [2.75, 3.05) is 12.3 Å².